The molecule has 0 fully saturated rings. The molecule has 0 aliphatic heterocycles. The zero-order chi connectivity index (χ0) is 13.4. The van der Waals surface area contributed by atoms with Crippen LogP contribution >= 0.6 is 11.8 Å². The van der Waals surface area contributed by atoms with Crippen molar-refractivity contribution in [2.45, 2.75) is 20.3 Å². The number of nitrogens with one attached hydrogen (secondary N) is 1. The first kappa shape index (κ1) is 15.0. The summed E-state index contributed by atoms with van der Waals surface area (Å²) >= 11 is 1.91. The van der Waals surface area contributed by atoms with Gasteiger partial charge in [-0.2, -0.15) is 11.8 Å². The van der Waals surface area contributed by atoms with Gasteiger partial charge in [-0.3, -0.25) is 0 Å². The number of anilines is 2. The van der Waals surface area contributed by atoms with Crippen LogP contribution in [0.15, 0.2) is 12.1 Å². The van der Waals surface area contributed by atoms with Gasteiger partial charge in [0.05, 0.1) is 18.0 Å². The normalized spacial score (nSPS) is 10.4. The fraction of sp³-hybridized carbons (Fsp3) is 0.538. The van der Waals surface area contributed by atoms with Crippen molar-refractivity contribution in [2.75, 3.05) is 35.7 Å². The number of hydrogen-bond acceptors (Lipinski definition) is 4. The Morgan fingerprint density at radius 3 is 2.83 bits per heavy atom. The van der Waals surface area contributed by atoms with E-state index in [0.29, 0.717) is 12.3 Å². The first-order chi connectivity index (χ1) is 8.69. The second-order valence-corrected chi connectivity index (χ2v) is 5.17. The van der Waals surface area contributed by atoms with Crippen LogP contribution in [0.25, 0.3) is 0 Å². The van der Waals surface area contributed by atoms with Crippen molar-refractivity contribution in [1.29, 1.82) is 0 Å². The van der Waals surface area contributed by atoms with E-state index in [0.717, 1.165) is 30.2 Å². The predicted molar refractivity (Wildman–Crippen MR) is 78.1 cm³/mol. The minimum Gasteiger partial charge on any atom is -0.491 e. The average Bonchev–Trinajstić information content (AvgIpc) is 2.34. The molecule has 1 rings (SSSR count). The molecule has 102 valence electrons. The second kappa shape index (κ2) is 8.08. The second-order valence-electron chi connectivity index (χ2n) is 3.78. The molecule has 0 unspecified atom stereocenters. The fourth-order valence-corrected chi connectivity index (χ4v) is 2.17. The number of thioether (sulfide) groups is 1. The van der Waals surface area contributed by atoms with Crippen molar-refractivity contribution >= 4 is 23.1 Å². The van der Waals surface area contributed by atoms with Crippen LogP contribution in [-0.2, 0) is 0 Å². The molecule has 0 bridgehead atoms. The van der Waals surface area contributed by atoms with Gasteiger partial charge in [0, 0.05) is 18.7 Å². The number of hydrogen-bond donors (Lipinski definition) is 2. The van der Waals surface area contributed by atoms with Gasteiger partial charge in [0.2, 0.25) is 0 Å². The Morgan fingerprint density at radius 1 is 1.39 bits per heavy atom. The van der Waals surface area contributed by atoms with Crippen LogP contribution < -0.4 is 15.8 Å². The van der Waals surface area contributed by atoms with Gasteiger partial charge >= 0.3 is 0 Å². The summed E-state index contributed by atoms with van der Waals surface area (Å²) in [6.07, 6.45) is 1.05. The van der Waals surface area contributed by atoms with Crippen molar-refractivity contribution < 1.29 is 9.13 Å². The van der Waals surface area contributed by atoms with Gasteiger partial charge in [-0.15, -0.1) is 0 Å². The van der Waals surface area contributed by atoms with E-state index in [-0.39, 0.29) is 5.75 Å². The maximum atomic E-state index is 13.5. The summed E-state index contributed by atoms with van der Waals surface area (Å²) in [5.41, 5.74) is 6.92. The summed E-state index contributed by atoms with van der Waals surface area (Å²) in [5, 5.41) is 3.21. The molecular weight excluding hydrogens is 251 g/mol. The monoisotopic (exact) mass is 272 g/mol. The first-order valence-electron chi connectivity index (χ1n) is 6.22. The SMILES string of the molecule is CCOc1cc(NCCCSCC)c(N)cc1F. The topological polar surface area (TPSA) is 47.3 Å². The summed E-state index contributed by atoms with van der Waals surface area (Å²) < 4.78 is 18.7. The average molecular weight is 272 g/mol. The van der Waals surface area contributed by atoms with Crippen LogP contribution in [0.4, 0.5) is 15.8 Å². The molecule has 0 heterocycles. The molecule has 1 aromatic rings. The van der Waals surface area contributed by atoms with Crippen molar-refractivity contribution in [3.63, 3.8) is 0 Å². The fourth-order valence-electron chi connectivity index (χ4n) is 1.53. The minimum atomic E-state index is -0.415. The van der Waals surface area contributed by atoms with Gasteiger partial charge in [0.25, 0.3) is 0 Å². The van der Waals surface area contributed by atoms with E-state index in [9.17, 15) is 4.39 Å². The maximum absolute atomic E-state index is 13.5. The van der Waals surface area contributed by atoms with Crippen molar-refractivity contribution in [3.8, 4) is 5.75 Å². The Balaban J connectivity index is 2.56. The number of benzene rings is 1. The molecule has 18 heavy (non-hydrogen) atoms. The number of nitrogens with two attached hydrogens (primary N) is 1. The van der Waals surface area contributed by atoms with Gasteiger partial charge in [0.1, 0.15) is 0 Å². The Kier molecular flexibility index (Phi) is 6.72. The zero-order valence-electron chi connectivity index (χ0n) is 11.0. The van der Waals surface area contributed by atoms with Gasteiger partial charge < -0.3 is 15.8 Å². The molecule has 0 spiro atoms. The van der Waals surface area contributed by atoms with Crippen LogP contribution in [0, 0.1) is 5.82 Å². The number of halogens is 1. The third kappa shape index (κ3) is 4.64. The molecule has 0 aromatic heterocycles. The van der Waals surface area contributed by atoms with E-state index in [2.05, 4.69) is 12.2 Å². The van der Waals surface area contributed by atoms with Crippen LogP contribution in [0.5, 0.6) is 5.75 Å². The van der Waals surface area contributed by atoms with E-state index in [1.807, 2.05) is 18.7 Å². The Bertz CT molecular complexity index is 374. The molecule has 0 aliphatic rings. The van der Waals surface area contributed by atoms with Crippen LogP contribution in [0.1, 0.15) is 20.3 Å². The van der Waals surface area contributed by atoms with E-state index in [1.54, 1.807) is 6.07 Å². The summed E-state index contributed by atoms with van der Waals surface area (Å²) in [5.74, 6) is 2.08. The van der Waals surface area contributed by atoms with Crippen LogP contribution in [0.2, 0.25) is 0 Å². The third-order valence-electron chi connectivity index (χ3n) is 2.39. The van der Waals surface area contributed by atoms with Crippen molar-refractivity contribution in [2.24, 2.45) is 0 Å². The van der Waals surface area contributed by atoms with E-state index < -0.39 is 5.82 Å². The number of rotatable bonds is 8. The first-order valence-corrected chi connectivity index (χ1v) is 7.37. The minimum absolute atomic E-state index is 0.247. The molecule has 0 amide bonds. The van der Waals surface area contributed by atoms with Crippen LogP contribution in [-0.4, -0.2) is 24.7 Å². The molecule has 0 saturated carbocycles. The highest BCUT2D eigenvalue weighted by Crippen LogP contribution is 2.28. The summed E-state index contributed by atoms with van der Waals surface area (Å²) in [4.78, 5) is 0. The van der Waals surface area contributed by atoms with Crippen molar-refractivity contribution in [3.05, 3.63) is 17.9 Å². The van der Waals surface area contributed by atoms with E-state index in [4.69, 9.17) is 10.5 Å². The van der Waals surface area contributed by atoms with E-state index in [1.165, 1.54) is 6.07 Å². The van der Waals surface area contributed by atoms with Crippen molar-refractivity contribution in [1.82, 2.24) is 0 Å². The van der Waals surface area contributed by atoms with Gasteiger partial charge in [0.15, 0.2) is 11.6 Å². The maximum Gasteiger partial charge on any atom is 0.167 e. The Labute approximate surface area is 112 Å². The van der Waals surface area contributed by atoms with Gasteiger partial charge in [-0.1, -0.05) is 6.92 Å². The third-order valence-corrected chi connectivity index (χ3v) is 3.37. The van der Waals surface area contributed by atoms with E-state index >= 15 is 0 Å². The lowest BCUT2D eigenvalue weighted by Crippen LogP contribution is -2.06. The smallest absolute Gasteiger partial charge is 0.167 e. The Morgan fingerprint density at radius 2 is 2.17 bits per heavy atom. The summed E-state index contributed by atoms with van der Waals surface area (Å²) in [6.45, 7) is 5.23. The van der Waals surface area contributed by atoms with Gasteiger partial charge in [-0.25, -0.2) is 4.39 Å². The molecule has 1 aromatic carbocycles. The number of nitrogen functional groups attached to an aromatic ring is 1. The Hall–Kier alpha value is -1.10. The molecule has 0 radical (unpaired) electrons. The van der Waals surface area contributed by atoms with Gasteiger partial charge in [-0.05, 0) is 24.9 Å². The standard InChI is InChI=1S/C13H21FN2OS/c1-3-17-13-9-12(11(15)8-10(13)14)16-6-5-7-18-4-2/h8-9,16H,3-7,15H2,1-2H3. The molecule has 5 heteroatoms. The molecule has 3 nitrogen and oxygen atoms in total. The highest BCUT2D eigenvalue weighted by molar-refractivity contribution is 7.99. The summed E-state index contributed by atoms with van der Waals surface area (Å²) in [7, 11) is 0. The van der Waals surface area contributed by atoms with Crippen LogP contribution in [0.3, 0.4) is 0 Å². The molecule has 0 aliphatic carbocycles. The summed E-state index contributed by atoms with van der Waals surface area (Å²) in [6, 6.07) is 2.93. The molecule has 3 N–H and O–H groups in total. The lowest BCUT2D eigenvalue weighted by Gasteiger charge is -2.12. The quantitative estimate of drug-likeness (QED) is 0.563. The number of ether oxygens (including phenoxy) is 1. The lowest BCUT2D eigenvalue weighted by atomic mass is 10.2. The highest BCUT2D eigenvalue weighted by Gasteiger charge is 2.08. The molecular formula is C13H21FN2OS. The predicted octanol–water partition coefficient (Wildman–Crippen LogP) is 3.36. The zero-order valence-corrected chi connectivity index (χ0v) is 11.8. The lowest BCUT2D eigenvalue weighted by molar-refractivity contribution is 0.322. The highest BCUT2D eigenvalue weighted by atomic mass is 32.2. The largest absolute Gasteiger partial charge is 0.491 e. The molecule has 0 atom stereocenters. The molecule has 0 saturated heterocycles.